The lowest BCUT2D eigenvalue weighted by Crippen LogP contribution is -2.50. The van der Waals surface area contributed by atoms with Crippen LogP contribution in [0.5, 0.6) is 0 Å². The van der Waals surface area contributed by atoms with E-state index in [-0.39, 0.29) is 37.0 Å². The number of ether oxygens (including phenoxy) is 1. The van der Waals surface area contributed by atoms with Gasteiger partial charge in [-0.05, 0) is 6.92 Å². The number of carbonyl (C=O) groups is 3. The van der Waals surface area contributed by atoms with Crippen molar-refractivity contribution in [2.75, 3.05) is 32.8 Å². The van der Waals surface area contributed by atoms with Crippen LogP contribution in [0.25, 0.3) is 0 Å². The molecule has 0 N–H and O–H groups in total. The summed E-state index contributed by atoms with van der Waals surface area (Å²) in [5.41, 5.74) is 0. The Morgan fingerprint density at radius 2 is 1.60 bits per heavy atom. The molecule has 20 heavy (non-hydrogen) atoms. The van der Waals surface area contributed by atoms with Gasteiger partial charge in [0.15, 0.2) is 0 Å². The molecular formula is C13H19N3O4. The van der Waals surface area contributed by atoms with Crippen molar-refractivity contribution in [1.82, 2.24) is 9.80 Å². The monoisotopic (exact) mass is 281 g/mol. The molecular weight excluding hydrogens is 262 g/mol. The van der Waals surface area contributed by atoms with Crippen molar-refractivity contribution in [3.63, 3.8) is 0 Å². The molecule has 1 fully saturated rings. The molecule has 0 spiro atoms. The molecule has 0 saturated carbocycles. The van der Waals surface area contributed by atoms with E-state index in [9.17, 15) is 14.4 Å². The molecule has 7 heteroatoms. The summed E-state index contributed by atoms with van der Waals surface area (Å²) in [5, 5.41) is 8.47. The van der Waals surface area contributed by atoms with Crippen LogP contribution in [-0.4, -0.2) is 60.4 Å². The highest BCUT2D eigenvalue weighted by Crippen LogP contribution is 2.07. The zero-order valence-electron chi connectivity index (χ0n) is 11.6. The van der Waals surface area contributed by atoms with Gasteiger partial charge >= 0.3 is 5.97 Å². The molecule has 1 aliphatic heterocycles. The Hall–Kier alpha value is -2.10. The fraction of sp³-hybridized carbons (Fsp3) is 0.692. The predicted molar refractivity (Wildman–Crippen MR) is 69.3 cm³/mol. The smallest absolute Gasteiger partial charge is 0.306 e. The molecule has 0 aromatic carbocycles. The molecule has 1 aliphatic rings. The third-order valence-corrected chi connectivity index (χ3v) is 3.06. The third kappa shape index (κ3) is 4.88. The summed E-state index contributed by atoms with van der Waals surface area (Å²) in [5.74, 6) is -0.680. The number of rotatable bonds is 5. The largest absolute Gasteiger partial charge is 0.466 e. The molecule has 0 aromatic rings. The molecule has 1 rings (SSSR count). The van der Waals surface area contributed by atoms with E-state index in [2.05, 4.69) is 0 Å². The number of esters is 1. The number of nitriles is 1. The first-order valence-electron chi connectivity index (χ1n) is 6.66. The van der Waals surface area contributed by atoms with E-state index in [0.717, 1.165) is 0 Å². The van der Waals surface area contributed by atoms with Crippen molar-refractivity contribution < 1.29 is 19.1 Å². The number of carbonyl (C=O) groups excluding carboxylic acids is 3. The molecule has 0 atom stereocenters. The molecule has 0 radical (unpaired) electrons. The molecule has 110 valence electrons. The molecule has 2 amide bonds. The molecule has 0 unspecified atom stereocenters. The second-order valence-corrected chi connectivity index (χ2v) is 4.40. The first-order chi connectivity index (χ1) is 9.58. The van der Waals surface area contributed by atoms with Crippen LogP contribution in [0.15, 0.2) is 0 Å². The zero-order chi connectivity index (χ0) is 15.0. The van der Waals surface area contributed by atoms with Gasteiger partial charge in [-0.3, -0.25) is 14.4 Å². The van der Waals surface area contributed by atoms with Gasteiger partial charge in [-0.1, -0.05) is 0 Å². The topological polar surface area (TPSA) is 90.7 Å². The van der Waals surface area contributed by atoms with Crippen LogP contribution in [0.1, 0.15) is 26.2 Å². The van der Waals surface area contributed by atoms with Gasteiger partial charge in [0.05, 0.1) is 19.1 Å². The lowest BCUT2D eigenvalue weighted by molar-refractivity contribution is -0.146. The van der Waals surface area contributed by atoms with Gasteiger partial charge in [0.2, 0.25) is 11.8 Å². The van der Waals surface area contributed by atoms with E-state index in [1.54, 1.807) is 16.7 Å². The Bertz CT molecular complexity index is 408. The molecule has 1 saturated heterocycles. The summed E-state index contributed by atoms with van der Waals surface area (Å²) >= 11 is 0. The highest BCUT2D eigenvalue weighted by Gasteiger charge is 2.24. The lowest BCUT2D eigenvalue weighted by atomic mass is 10.2. The Morgan fingerprint density at radius 3 is 2.10 bits per heavy atom. The fourth-order valence-electron chi connectivity index (χ4n) is 1.98. The maximum absolute atomic E-state index is 11.9. The molecule has 0 aliphatic carbocycles. The number of piperazine rings is 1. The van der Waals surface area contributed by atoms with Crippen molar-refractivity contribution in [2.45, 2.75) is 26.2 Å². The maximum atomic E-state index is 11.9. The standard InChI is InChI=1S/C13H19N3O4/c1-2-20-13(19)4-3-11(17)15-7-9-16(10-8-15)12(18)5-6-14/h2-5,7-10H2,1H3. The first-order valence-corrected chi connectivity index (χ1v) is 6.66. The normalized spacial score (nSPS) is 14.6. The number of nitrogens with zero attached hydrogens (tertiary/aromatic N) is 3. The maximum Gasteiger partial charge on any atom is 0.306 e. The van der Waals surface area contributed by atoms with E-state index in [4.69, 9.17) is 10.00 Å². The highest BCUT2D eigenvalue weighted by molar-refractivity contribution is 5.82. The van der Waals surface area contributed by atoms with Crippen molar-refractivity contribution in [3.8, 4) is 6.07 Å². The van der Waals surface area contributed by atoms with Gasteiger partial charge < -0.3 is 14.5 Å². The third-order valence-electron chi connectivity index (χ3n) is 3.06. The van der Waals surface area contributed by atoms with Gasteiger partial charge in [-0.2, -0.15) is 5.26 Å². The summed E-state index contributed by atoms with van der Waals surface area (Å²) in [6.45, 7) is 3.79. The van der Waals surface area contributed by atoms with Crippen LogP contribution in [0.3, 0.4) is 0 Å². The van der Waals surface area contributed by atoms with E-state index in [1.807, 2.05) is 6.07 Å². The average Bonchev–Trinajstić information content (AvgIpc) is 2.45. The Morgan fingerprint density at radius 1 is 1.05 bits per heavy atom. The molecule has 0 bridgehead atoms. The number of hydrogen-bond donors (Lipinski definition) is 0. The van der Waals surface area contributed by atoms with Gasteiger partial charge in [-0.15, -0.1) is 0 Å². The SMILES string of the molecule is CCOC(=O)CCC(=O)N1CCN(C(=O)CC#N)CC1. The van der Waals surface area contributed by atoms with Gasteiger partial charge in [0.1, 0.15) is 6.42 Å². The minimum atomic E-state index is -0.372. The van der Waals surface area contributed by atoms with Crippen LogP contribution < -0.4 is 0 Å². The Kier molecular flexibility index (Phi) is 6.50. The second kappa shape index (κ2) is 8.15. The van der Waals surface area contributed by atoms with Crippen molar-refractivity contribution in [3.05, 3.63) is 0 Å². The number of hydrogen-bond acceptors (Lipinski definition) is 5. The van der Waals surface area contributed by atoms with E-state index in [0.29, 0.717) is 32.8 Å². The summed E-state index contributed by atoms with van der Waals surface area (Å²) in [7, 11) is 0. The average molecular weight is 281 g/mol. The van der Waals surface area contributed by atoms with Crippen LogP contribution in [0.2, 0.25) is 0 Å². The molecule has 0 aromatic heterocycles. The summed E-state index contributed by atoms with van der Waals surface area (Å²) < 4.78 is 4.76. The second-order valence-electron chi connectivity index (χ2n) is 4.40. The summed E-state index contributed by atoms with van der Waals surface area (Å²) in [6, 6.07) is 1.82. The minimum absolute atomic E-state index is 0.0836. The van der Waals surface area contributed by atoms with Gasteiger partial charge in [-0.25, -0.2) is 0 Å². The quantitative estimate of drug-likeness (QED) is 0.657. The van der Waals surface area contributed by atoms with E-state index >= 15 is 0 Å². The van der Waals surface area contributed by atoms with Crippen LogP contribution >= 0.6 is 0 Å². The summed E-state index contributed by atoms with van der Waals surface area (Å²) in [4.78, 5) is 37.8. The minimum Gasteiger partial charge on any atom is -0.466 e. The van der Waals surface area contributed by atoms with Crippen molar-refractivity contribution in [1.29, 1.82) is 5.26 Å². The Labute approximate surface area is 118 Å². The first kappa shape index (κ1) is 16.0. The van der Waals surface area contributed by atoms with Crippen molar-refractivity contribution in [2.24, 2.45) is 0 Å². The predicted octanol–water partition coefficient (Wildman–Crippen LogP) is -0.0858. The van der Waals surface area contributed by atoms with E-state index in [1.165, 1.54) is 0 Å². The number of amides is 2. The van der Waals surface area contributed by atoms with Crippen LogP contribution in [0, 0.1) is 11.3 Å². The van der Waals surface area contributed by atoms with Gasteiger partial charge in [0, 0.05) is 32.6 Å². The molecule has 7 nitrogen and oxygen atoms in total. The van der Waals surface area contributed by atoms with E-state index < -0.39 is 0 Å². The summed E-state index contributed by atoms with van der Waals surface area (Å²) in [6.07, 6.45) is 0.0853. The molecule has 1 heterocycles. The Balaban J connectivity index is 2.30. The van der Waals surface area contributed by atoms with Crippen LogP contribution in [0.4, 0.5) is 0 Å². The van der Waals surface area contributed by atoms with Crippen molar-refractivity contribution >= 4 is 17.8 Å². The van der Waals surface area contributed by atoms with Crippen LogP contribution in [-0.2, 0) is 19.1 Å². The zero-order valence-corrected chi connectivity index (χ0v) is 11.6. The lowest BCUT2D eigenvalue weighted by Gasteiger charge is -2.34. The van der Waals surface area contributed by atoms with Gasteiger partial charge in [0.25, 0.3) is 0 Å². The fourth-order valence-corrected chi connectivity index (χ4v) is 1.98. The highest BCUT2D eigenvalue weighted by atomic mass is 16.5.